The summed E-state index contributed by atoms with van der Waals surface area (Å²) in [4.78, 5) is 29.0. The highest BCUT2D eigenvalue weighted by Crippen LogP contribution is 2.26. The Hall–Kier alpha value is -4.05. The highest BCUT2D eigenvalue weighted by Gasteiger charge is 2.26. The molecule has 2 aromatic carbocycles. The molecule has 1 aliphatic heterocycles. The number of carbonyl (C=O) groups is 2. The summed E-state index contributed by atoms with van der Waals surface area (Å²) in [6, 6.07) is 21.3. The van der Waals surface area contributed by atoms with E-state index in [1.165, 1.54) is 23.6 Å². The van der Waals surface area contributed by atoms with Crippen LogP contribution in [0, 0.1) is 0 Å². The Balaban J connectivity index is 1.24. The Kier molecular flexibility index (Phi) is 8.08. The number of ether oxygens (including phenoxy) is 1. The maximum Gasteiger partial charge on any atom is 0.289 e. The zero-order chi connectivity index (χ0) is 26.3. The predicted molar refractivity (Wildman–Crippen MR) is 144 cm³/mol. The quantitative estimate of drug-likeness (QED) is 0.303. The first kappa shape index (κ1) is 25.6. The maximum absolute atomic E-state index is 13.0. The Morgan fingerprint density at radius 3 is 2.34 bits per heavy atom. The Morgan fingerprint density at radius 2 is 1.66 bits per heavy atom. The number of thioether (sulfide) groups is 1. The molecule has 1 fully saturated rings. The van der Waals surface area contributed by atoms with Gasteiger partial charge in [0, 0.05) is 38.3 Å². The Morgan fingerprint density at radius 1 is 0.921 bits per heavy atom. The first-order valence-corrected chi connectivity index (χ1v) is 13.5. The van der Waals surface area contributed by atoms with Gasteiger partial charge in [0.05, 0.1) is 19.1 Å². The second-order valence-electron chi connectivity index (χ2n) is 8.86. The highest BCUT2D eigenvalue weighted by atomic mass is 32.2. The van der Waals surface area contributed by atoms with Crippen molar-refractivity contribution in [2.45, 2.75) is 18.1 Å². The molecule has 9 nitrogen and oxygen atoms in total. The van der Waals surface area contributed by atoms with Crippen molar-refractivity contribution >= 4 is 23.6 Å². The van der Waals surface area contributed by atoms with E-state index in [2.05, 4.69) is 26.9 Å². The van der Waals surface area contributed by atoms with Gasteiger partial charge in [-0.2, -0.15) is 0 Å². The summed E-state index contributed by atoms with van der Waals surface area (Å²) in [6.45, 7) is 2.62. The fraction of sp³-hybridized carbons (Fsp3) is 0.286. The third-order valence-corrected chi connectivity index (χ3v) is 7.46. The predicted octanol–water partition coefficient (Wildman–Crippen LogP) is 3.87. The van der Waals surface area contributed by atoms with Crippen molar-refractivity contribution in [1.82, 2.24) is 24.6 Å². The van der Waals surface area contributed by atoms with Crippen molar-refractivity contribution in [3.63, 3.8) is 0 Å². The molecule has 0 aliphatic carbocycles. The molecule has 0 spiro atoms. The minimum atomic E-state index is -0.144. The molecule has 2 aromatic heterocycles. The smallest absolute Gasteiger partial charge is 0.289 e. The van der Waals surface area contributed by atoms with Crippen LogP contribution >= 0.6 is 11.8 Å². The molecule has 3 heterocycles. The number of furan rings is 1. The molecule has 0 N–H and O–H groups in total. The number of benzene rings is 2. The molecular weight excluding hydrogens is 502 g/mol. The maximum atomic E-state index is 13.0. The van der Waals surface area contributed by atoms with Crippen LogP contribution in [-0.2, 0) is 17.8 Å². The topological polar surface area (TPSA) is 93.7 Å². The molecule has 38 heavy (non-hydrogen) atoms. The number of piperazine rings is 1. The molecule has 0 unspecified atom stereocenters. The van der Waals surface area contributed by atoms with Crippen molar-refractivity contribution in [2.75, 3.05) is 39.0 Å². The normalized spacial score (nSPS) is 13.5. The number of nitrogens with zero attached hydrogens (tertiary/aromatic N) is 5. The number of methoxy groups -OCH3 is 1. The third kappa shape index (κ3) is 5.91. The first-order valence-electron chi connectivity index (χ1n) is 12.5. The summed E-state index contributed by atoms with van der Waals surface area (Å²) in [5.74, 6) is 1.97. The lowest BCUT2D eigenvalue weighted by Gasteiger charge is -2.34. The molecule has 10 heteroatoms. The third-order valence-electron chi connectivity index (χ3n) is 6.51. The van der Waals surface area contributed by atoms with E-state index in [1.807, 2.05) is 42.5 Å². The van der Waals surface area contributed by atoms with Gasteiger partial charge in [-0.05, 0) is 48.4 Å². The highest BCUT2D eigenvalue weighted by molar-refractivity contribution is 7.99. The van der Waals surface area contributed by atoms with Gasteiger partial charge >= 0.3 is 0 Å². The molecule has 0 radical (unpaired) electrons. The zero-order valence-electron chi connectivity index (χ0n) is 21.2. The van der Waals surface area contributed by atoms with Gasteiger partial charge < -0.3 is 23.5 Å². The SMILES string of the molecule is COc1ccc(-c2nnc(SCC(=O)N3CCN(C(=O)c4ccco4)CC3)n2CCc2ccccc2)cc1. The molecule has 5 rings (SSSR count). The van der Waals surface area contributed by atoms with Crippen LogP contribution in [0.15, 0.2) is 82.6 Å². The lowest BCUT2D eigenvalue weighted by Crippen LogP contribution is -2.51. The van der Waals surface area contributed by atoms with Crippen LogP contribution in [0.2, 0.25) is 0 Å². The molecule has 1 saturated heterocycles. The van der Waals surface area contributed by atoms with Crippen molar-refractivity contribution < 1.29 is 18.7 Å². The zero-order valence-corrected chi connectivity index (χ0v) is 22.0. The van der Waals surface area contributed by atoms with Crippen LogP contribution in [0.4, 0.5) is 0 Å². The van der Waals surface area contributed by atoms with Gasteiger partial charge in [-0.25, -0.2) is 0 Å². The van der Waals surface area contributed by atoms with Gasteiger partial charge in [0.1, 0.15) is 5.75 Å². The van der Waals surface area contributed by atoms with Crippen molar-refractivity contribution in [3.05, 3.63) is 84.3 Å². The van der Waals surface area contributed by atoms with Crippen LogP contribution in [0.3, 0.4) is 0 Å². The summed E-state index contributed by atoms with van der Waals surface area (Å²) in [5, 5.41) is 9.61. The van der Waals surface area contributed by atoms with Crippen molar-refractivity contribution in [3.8, 4) is 17.1 Å². The van der Waals surface area contributed by atoms with Crippen LogP contribution < -0.4 is 4.74 Å². The summed E-state index contributed by atoms with van der Waals surface area (Å²) in [5.41, 5.74) is 2.15. The van der Waals surface area contributed by atoms with E-state index in [-0.39, 0.29) is 17.6 Å². The van der Waals surface area contributed by atoms with Gasteiger partial charge in [0.25, 0.3) is 5.91 Å². The van der Waals surface area contributed by atoms with E-state index in [0.29, 0.717) is 43.6 Å². The standard InChI is InChI=1S/C28H29N5O4S/c1-36-23-11-9-22(10-12-23)26-29-30-28(33(26)14-13-21-6-3-2-4-7-21)38-20-25(34)31-15-17-32(18-16-31)27(35)24-8-5-19-37-24/h2-12,19H,13-18,20H2,1H3. The molecule has 0 bridgehead atoms. The molecule has 0 atom stereocenters. The van der Waals surface area contributed by atoms with Gasteiger partial charge in [-0.1, -0.05) is 42.1 Å². The van der Waals surface area contributed by atoms with E-state index in [1.54, 1.807) is 29.0 Å². The van der Waals surface area contributed by atoms with Crippen LogP contribution in [0.1, 0.15) is 16.1 Å². The molecule has 4 aromatic rings. The van der Waals surface area contributed by atoms with Crippen LogP contribution in [0.25, 0.3) is 11.4 Å². The summed E-state index contributed by atoms with van der Waals surface area (Å²) >= 11 is 1.39. The first-order chi connectivity index (χ1) is 18.6. The largest absolute Gasteiger partial charge is 0.497 e. The lowest BCUT2D eigenvalue weighted by atomic mass is 10.1. The van der Waals surface area contributed by atoms with E-state index >= 15 is 0 Å². The number of aryl methyl sites for hydroxylation is 1. The monoisotopic (exact) mass is 531 g/mol. The molecular formula is C28H29N5O4S. The lowest BCUT2D eigenvalue weighted by molar-refractivity contribution is -0.129. The van der Waals surface area contributed by atoms with E-state index in [9.17, 15) is 9.59 Å². The van der Waals surface area contributed by atoms with E-state index < -0.39 is 0 Å². The van der Waals surface area contributed by atoms with Gasteiger partial charge in [0.15, 0.2) is 16.7 Å². The van der Waals surface area contributed by atoms with Gasteiger partial charge in [0.2, 0.25) is 5.91 Å². The average Bonchev–Trinajstić information content (AvgIpc) is 3.66. The number of hydrogen-bond acceptors (Lipinski definition) is 7. The van der Waals surface area contributed by atoms with Gasteiger partial charge in [-0.15, -0.1) is 10.2 Å². The van der Waals surface area contributed by atoms with Gasteiger partial charge in [-0.3, -0.25) is 9.59 Å². The summed E-state index contributed by atoms with van der Waals surface area (Å²) in [7, 11) is 1.64. The van der Waals surface area contributed by atoms with Crippen molar-refractivity contribution in [1.29, 1.82) is 0 Å². The summed E-state index contributed by atoms with van der Waals surface area (Å²) < 4.78 is 12.6. The second-order valence-corrected chi connectivity index (χ2v) is 9.80. The fourth-order valence-corrected chi connectivity index (χ4v) is 5.24. The Bertz CT molecular complexity index is 1350. The van der Waals surface area contributed by atoms with E-state index in [4.69, 9.17) is 9.15 Å². The fourth-order valence-electron chi connectivity index (χ4n) is 4.37. The number of rotatable bonds is 9. The molecule has 1 aliphatic rings. The average molecular weight is 532 g/mol. The number of hydrogen-bond donors (Lipinski definition) is 0. The number of amides is 2. The van der Waals surface area contributed by atoms with Crippen molar-refractivity contribution in [2.24, 2.45) is 0 Å². The second kappa shape index (κ2) is 12.0. The van der Waals surface area contributed by atoms with Crippen LogP contribution in [-0.4, -0.2) is 75.4 Å². The minimum Gasteiger partial charge on any atom is -0.497 e. The number of carbonyl (C=O) groups excluding carboxylic acids is 2. The minimum absolute atomic E-state index is 0.0173. The molecule has 2 amide bonds. The number of aromatic nitrogens is 3. The van der Waals surface area contributed by atoms with E-state index in [0.717, 1.165) is 23.6 Å². The Labute approximate surface area is 225 Å². The molecule has 0 saturated carbocycles. The summed E-state index contributed by atoms with van der Waals surface area (Å²) in [6.07, 6.45) is 2.30. The van der Waals surface area contributed by atoms with Crippen LogP contribution in [0.5, 0.6) is 5.75 Å². The molecule has 196 valence electrons.